The van der Waals surface area contributed by atoms with Crippen LogP contribution in [0, 0.1) is 0 Å². The zero-order valence-electron chi connectivity index (χ0n) is 19.4. The highest BCUT2D eigenvalue weighted by molar-refractivity contribution is 7.91. The van der Waals surface area contributed by atoms with E-state index in [1.54, 1.807) is 18.2 Å². The molecule has 3 N–H and O–H groups in total. The number of benzene rings is 2. The molecule has 0 spiro atoms. The number of halogens is 1. The number of nitrogens with zero attached hydrogens (tertiary/aromatic N) is 2. The maximum Gasteiger partial charge on any atom is 0.247 e. The number of hydrogen-bond donors (Lipinski definition) is 3. The van der Waals surface area contributed by atoms with Crippen molar-refractivity contribution in [2.45, 2.75) is 49.0 Å². The number of sulfone groups is 1. The summed E-state index contributed by atoms with van der Waals surface area (Å²) in [5, 5.41) is 31.7. The predicted molar refractivity (Wildman–Crippen MR) is 132 cm³/mol. The smallest absolute Gasteiger partial charge is 0.247 e. The summed E-state index contributed by atoms with van der Waals surface area (Å²) >= 11 is 6.43. The van der Waals surface area contributed by atoms with Gasteiger partial charge in [-0.3, -0.25) is 0 Å². The Morgan fingerprint density at radius 1 is 1.00 bits per heavy atom. The molecule has 0 radical (unpaired) electrons. The van der Waals surface area contributed by atoms with Crippen molar-refractivity contribution >= 4 is 21.4 Å². The Kier molecular flexibility index (Phi) is 8.23. The molecule has 9 nitrogen and oxygen atoms in total. The normalized spacial score (nSPS) is 24.4. The summed E-state index contributed by atoms with van der Waals surface area (Å²) in [5.74, 6) is 0.0831. The van der Waals surface area contributed by atoms with Crippen molar-refractivity contribution in [2.75, 3.05) is 12.4 Å². The first-order valence-corrected chi connectivity index (χ1v) is 13.4. The van der Waals surface area contributed by atoms with E-state index in [1.165, 1.54) is 18.5 Å². The fourth-order valence-electron chi connectivity index (χ4n) is 4.10. The van der Waals surface area contributed by atoms with Gasteiger partial charge in [0.05, 0.1) is 12.4 Å². The standard InChI is InChI=1S/C25H27ClN2O7S/c1-2-34-18-7-4-15(5-8-18)12-17-13-16(6-9-19(17)26)24-23(31)22(30)21(29)20(35-24)14-36(32,33)25-27-10-3-11-28-25/h3-11,13,20-24,29-31H,2,12,14H2,1H3/t20-,21-,22+,23-,24+/m1/s1. The molecule has 0 bridgehead atoms. The second kappa shape index (κ2) is 11.2. The van der Waals surface area contributed by atoms with E-state index in [0.717, 1.165) is 16.9 Å². The first kappa shape index (κ1) is 26.5. The van der Waals surface area contributed by atoms with Crippen molar-refractivity contribution in [1.29, 1.82) is 0 Å². The summed E-state index contributed by atoms with van der Waals surface area (Å²) in [6, 6.07) is 14.1. The molecule has 2 aromatic carbocycles. The summed E-state index contributed by atoms with van der Waals surface area (Å²) in [6.45, 7) is 2.48. The van der Waals surface area contributed by atoms with Gasteiger partial charge in [0, 0.05) is 17.4 Å². The molecule has 0 unspecified atom stereocenters. The van der Waals surface area contributed by atoms with Gasteiger partial charge in [-0.2, -0.15) is 0 Å². The molecule has 36 heavy (non-hydrogen) atoms. The number of hydrogen-bond acceptors (Lipinski definition) is 9. The largest absolute Gasteiger partial charge is 0.494 e. The lowest BCUT2D eigenvalue weighted by Crippen LogP contribution is -2.56. The van der Waals surface area contributed by atoms with E-state index < -0.39 is 51.3 Å². The van der Waals surface area contributed by atoms with Crippen molar-refractivity contribution in [3.05, 3.63) is 82.6 Å². The first-order chi connectivity index (χ1) is 17.2. The average molecular weight is 535 g/mol. The summed E-state index contributed by atoms with van der Waals surface area (Å²) in [6.07, 6.45) is -4.12. The maximum atomic E-state index is 12.8. The second-order valence-corrected chi connectivity index (χ2v) is 10.8. The molecule has 1 aromatic heterocycles. The van der Waals surface area contributed by atoms with E-state index in [1.807, 2.05) is 31.2 Å². The molecule has 0 aliphatic carbocycles. The Labute approximate surface area is 214 Å². The number of aliphatic hydroxyl groups is 3. The van der Waals surface area contributed by atoms with Crippen LogP contribution in [0.5, 0.6) is 5.75 Å². The molecule has 192 valence electrons. The molecule has 4 rings (SSSR count). The summed E-state index contributed by atoms with van der Waals surface area (Å²) in [5.41, 5.74) is 2.21. The summed E-state index contributed by atoms with van der Waals surface area (Å²) < 4.78 is 36.8. The molecule has 1 aliphatic rings. The van der Waals surface area contributed by atoms with Gasteiger partial charge >= 0.3 is 0 Å². The molecule has 0 saturated carbocycles. The van der Waals surface area contributed by atoms with Crippen LogP contribution in [0.3, 0.4) is 0 Å². The van der Waals surface area contributed by atoms with E-state index in [2.05, 4.69) is 9.97 Å². The highest BCUT2D eigenvalue weighted by Gasteiger charge is 2.46. The highest BCUT2D eigenvalue weighted by Crippen LogP contribution is 2.35. The Morgan fingerprint density at radius 2 is 1.69 bits per heavy atom. The molecular weight excluding hydrogens is 508 g/mol. The van der Waals surface area contributed by atoms with Crippen molar-refractivity contribution < 1.29 is 33.2 Å². The summed E-state index contributed by atoms with van der Waals surface area (Å²) in [4.78, 5) is 7.52. The zero-order chi connectivity index (χ0) is 25.9. The van der Waals surface area contributed by atoms with Crippen LogP contribution < -0.4 is 4.74 Å². The first-order valence-electron chi connectivity index (χ1n) is 11.4. The molecule has 11 heteroatoms. The third-order valence-electron chi connectivity index (χ3n) is 5.94. The Morgan fingerprint density at radius 3 is 2.36 bits per heavy atom. The molecular formula is C25H27ClN2O7S. The fourth-order valence-corrected chi connectivity index (χ4v) is 5.58. The van der Waals surface area contributed by atoms with Crippen LogP contribution >= 0.6 is 11.6 Å². The lowest BCUT2D eigenvalue weighted by atomic mass is 9.90. The van der Waals surface area contributed by atoms with E-state index in [0.29, 0.717) is 23.6 Å². The van der Waals surface area contributed by atoms with Crippen LogP contribution in [0.25, 0.3) is 0 Å². The zero-order valence-corrected chi connectivity index (χ0v) is 21.0. The van der Waals surface area contributed by atoms with Crippen LogP contribution in [0.1, 0.15) is 29.7 Å². The van der Waals surface area contributed by atoms with E-state index in [4.69, 9.17) is 21.1 Å². The van der Waals surface area contributed by atoms with Gasteiger partial charge in [0.15, 0.2) is 0 Å². The van der Waals surface area contributed by atoms with Crippen molar-refractivity contribution in [1.82, 2.24) is 9.97 Å². The Balaban J connectivity index is 1.57. The van der Waals surface area contributed by atoms with Gasteiger partial charge in [0.2, 0.25) is 15.0 Å². The van der Waals surface area contributed by atoms with Gasteiger partial charge in [-0.25, -0.2) is 18.4 Å². The van der Waals surface area contributed by atoms with Gasteiger partial charge < -0.3 is 24.8 Å². The topological polar surface area (TPSA) is 139 Å². The Hall–Kier alpha value is -2.60. The molecule has 1 saturated heterocycles. The quantitative estimate of drug-likeness (QED) is 0.371. The monoisotopic (exact) mass is 534 g/mol. The minimum Gasteiger partial charge on any atom is -0.494 e. The van der Waals surface area contributed by atoms with Gasteiger partial charge in [-0.15, -0.1) is 0 Å². The third-order valence-corrected chi connectivity index (χ3v) is 7.85. The number of ether oxygens (including phenoxy) is 2. The molecule has 1 fully saturated rings. The van der Waals surface area contributed by atoms with E-state index in [-0.39, 0.29) is 0 Å². The molecule has 2 heterocycles. The van der Waals surface area contributed by atoms with Crippen molar-refractivity contribution in [3.63, 3.8) is 0 Å². The predicted octanol–water partition coefficient (Wildman–Crippen LogP) is 2.12. The average Bonchev–Trinajstić information content (AvgIpc) is 2.87. The number of aromatic nitrogens is 2. The minimum atomic E-state index is -4.03. The number of rotatable bonds is 8. The van der Waals surface area contributed by atoms with Crippen LogP contribution in [0.4, 0.5) is 0 Å². The lowest BCUT2D eigenvalue weighted by Gasteiger charge is -2.40. The van der Waals surface area contributed by atoms with E-state index >= 15 is 0 Å². The highest BCUT2D eigenvalue weighted by atomic mass is 35.5. The minimum absolute atomic E-state index is 0.415. The Bertz CT molecular complexity index is 1280. The van der Waals surface area contributed by atoms with Gasteiger partial charge in [0.1, 0.15) is 36.3 Å². The molecule has 3 aromatic rings. The lowest BCUT2D eigenvalue weighted by molar-refractivity contribution is -0.218. The molecule has 0 amide bonds. The SMILES string of the molecule is CCOc1ccc(Cc2cc([C@@H]3O[C@H](CS(=O)(=O)c4ncccn4)[C@@H](O)[C@H](O)[C@H]3O)ccc2Cl)cc1. The van der Waals surface area contributed by atoms with Crippen molar-refractivity contribution in [3.8, 4) is 5.75 Å². The number of aliphatic hydroxyl groups excluding tert-OH is 3. The van der Waals surface area contributed by atoms with Gasteiger partial charge in [0.25, 0.3) is 0 Å². The second-order valence-electron chi connectivity index (χ2n) is 8.48. The molecule has 5 atom stereocenters. The van der Waals surface area contributed by atoms with Crippen LogP contribution in [0.15, 0.2) is 66.1 Å². The van der Waals surface area contributed by atoms with Crippen LogP contribution in [0.2, 0.25) is 5.02 Å². The van der Waals surface area contributed by atoms with Gasteiger partial charge in [-0.05, 0) is 54.3 Å². The van der Waals surface area contributed by atoms with Crippen LogP contribution in [-0.2, 0) is 21.0 Å². The van der Waals surface area contributed by atoms with Crippen molar-refractivity contribution in [2.24, 2.45) is 0 Å². The maximum absolute atomic E-state index is 12.8. The van der Waals surface area contributed by atoms with Gasteiger partial charge in [-0.1, -0.05) is 35.9 Å². The summed E-state index contributed by atoms with van der Waals surface area (Å²) in [7, 11) is -4.03. The van der Waals surface area contributed by atoms with Crippen LogP contribution in [-0.4, -0.2) is 70.5 Å². The van der Waals surface area contributed by atoms with E-state index in [9.17, 15) is 23.7 Å². The molecule has 1 aliphatic heterocycles. The fraction of sp³-hybridized carbons (Fsp3) is 0.360. The third kappa shape index (κ3) is 5.86.